The molecule has 1 amide bonds. The van der Waals surface area contributed by atoms with Crippen LogP contribution in [0.4, 0.5) is 0 Å². The van der Waals surface area contributed by atoms with Gasteiger partial charge in [0.25, 0.3) is 5.91 Å². The van der Waals surface area contributed by atoms with Gasteiger partial charge in [-0.1, -0.05) is 40.2 Å². The van der Waals surface area contributed by atoms with Crippen molar-refractivity contribution in [3.05, 3.63) is 64.1 Å². The zero-order valence-corrected chi connectivity index (χ0v) is 15.7. The Kier molecular flexibility index (Phi) is 4.36. The summed E-state index contributed by atoms with van der Waals surface area (Å²) in [5.74, 6) is -0.0583. The van der Waals surface area contributed by atoms with E-state index in [0.717, 1.165) is 21.2 Å². The minimum absolute atomic E-state index is 0.0583. The van der Waals surface area contributed by atoms with Crippen LogP contribution in [-0.4, -0.2) is 39.1 Å². The highest BCUT2D eigenvalue weighted by atomic mass is 79.9. The lowest BCUT2D eigenvalue weighted by Gasteiger charge is -2.08. The zero-order chi connectivity index (χ0) is 17.5. The quantitative estimate of drug-likeness (QED) is 0.787. The number of halogens is 1. The van der Waals surface area contributed by atoms with Crippen LogP contribution in [-0.2, 0) is 14.6 Å². The topological polar surface area (TPSA) is 54.5 Å². The van der Waals surface area contributed by atoms with E-state index in [9.17, 15) is 13.2 Å². The lowest BCUT2D eigenvalue weighted by molar-refractivity contribution is -0.122. The number of carbonyl (C=O) groups excluding carboxylic acids is 1. The molecule has 0 spiro atoms. The maximum Gasteiger partial charge on any atom is 0.254 e. The third-order valence-corrected chi connectivity index (χ3v) is 5.62. The average Bonchev–Trinajstić information content (AvgIpc) is 2.82. The van der Waals surface area contributed by atoms with Crippen molar-refractivity contribution in [3.8, 4) is 0 Å². The third kappa shape index (κ3) is 3.16. The highest BCUT2D eigenvalue weighted by Crippen LogP contribution is 2.34. The molecule has 0 radical (unpaired) electrons. The molecule has 2 aromatic rings. The van der Waals surface area contributed by atoms with Crippen molar-refractivity contribution in [1.82, 2.24) is 4.90 Å². The lowest BCUT2D eigenvalue weighted by Crippen LogP contribution is -2.21. The number of rotatable bonds is 3. The van der Waals surface area contributed by atoms with Crippen LogP contribution in [0.25, 0.3) is 11.1 Å². The summed E-state index contributed by atoms with van der Waals surface area (Å²) in [5, 5.41) is 0. The summed E-state index contributed by atoms with van der Waals surface area (Å²) >= 11 is 3.46. The molecule has 4 nitrogen and oxygen atoms in total. The second-order valence-electron chi connectivity index (χ2n) is 5.82. The van der Waals surface area contributed by atoms with E-state index in [1.807, 2.05) is 24.3 Å². The van der Waals surface area contributed by atoms with E-state index >= 15 is 0 Å². The van der Waals surface area contributed by atoms with Crippen LogP contribution in [0.2, 0.25) is 0 Å². The van der Waals surface area contributed by atoms with Crippen molar-refractivity contribution >= 4 is 42.8 Å². The Morgan fingerprint density at radius 3 is 2.29 bits per heavy atom. The van der Waals surface area contributed by atoms with Crippen LogP contribution in [0.5, 0.6) is 0 Å². The molecule has 0 unspecified atom stereocenters. The van der Waals surface area contributed by atoms with Gasteiger partial charge >= 0.3 is 0 Å². The standard InChI is InChI=1S/C18H16BrNO3S/c1-20-11-16(13-4-3-5-14(19)10-13)17(18(20)21)12-6-8-15(9-7-12)24(2,22)23/h3-10H,11H2,1-2H3. The highest BCUT2D eigenvalue weighted by molar-refractivity contribution is 9.10. The van der Waals surface area contributed by atoms with E-state index in [-0.39, 0.29) is 10.8 Å². The first-order chi connectivity index (χ1) is 11.3. The van der Waals surface area contributed by atoms with Gasteiger partial charge in [0.1, 0.15) is 0 Å². The van der Waals surface area contributed by atoms with Gasteiger partial charge in [0.2, 0.25) is 0 Å². The fourth-order valence-electron chi connectivity index (χ4n) is 2.79. The Bertz CT molecular complexity index is 946. The maximum atomic E-state index is 12.6. The summed E-state index contributed by atoms with van der Waals surface area (Å²) in [6.07, 6.45) is 1.17. The molecule has 3 rings (SSSR count). The highest BCUT2D eigenvalue weighted by Gasteiger charge is 2.29. The molecule has 0 bridgehead atoms. The summed E-state index contributed by atoms with van der Waals surface area (Å²) in [6, 6.07) is 14.3. The number of benzene rings is 2. The molecule has 24 heavy (non-hydrogen) atoms. The van der Waals surface area contributed by atoms with Crippen molar-refractivity contribution in [1.29, 1.82) is 0 Å². The zero-order valence-electron chi connectivity index (χ0n) is 13.3. The first-order valence-corrected chi connectivity index (χ1v) is 10.0. The predicted octanol–water partition coefficient (Wildman–Crippen LogP) is 3.24. The summed E-state index contributed by atoms with van der Waals surface area (Å²) < 4.78 is 24.2. The molecular formula is C18H16BrNO3S. The maximum absolute atomic E-state index is 12.6. The van der Waals surface area contributed by atoms with E-state index in [2.05, 4.69) is 15.9 Å². The fourth-order valence-corrected chi connectivity index (χ4v) is 3.82. The Morgan fingerprint density at radius 2 is 1.71 bits per heavy atom. The van der Waals surface area contributed by atoms with Gasteiger partial charge in [-0.05, 0) is 41.0 Å². The van der Waals surface area contributed by atoms with E-state index < -0.39 is 9.84 Å². The predicted molar refractivity (Wildman–Crippen MR) is 98.1 cm³/mol. The molecule has 0 saturated heterocycles. The molecule has 0 aromatic heterocycles. The first-order valence-electron chi connectivity index (χ1n) is 7.32. The molecule has 6 heteroatoms. The van der Waals surface area contributed by atoms with Crippen molar-refractivity contribution in [2.75, 3.05) is 19.8 Å². The molecule has 1 aliphatic heterocycles. The van der Waals surface area contributed by atoms with E-state index in [0.29, 0.717) is 12.1 Å². The van der Waals surface area contributed by atoms with Gasteiger partial charge in [0.15, 0.2) is 9.84 Å². The lowest BCUT2D eigenvalue weighted by atomic mass is 9.97. The van der Waals surface area contributed by atoms with Gasteiger partial charge in [0.05, 0.1) is 10.5 Å². The van der Waals surface area contributed by atoms with Crippen LogP contribution >= 0.6 is 15.9 Å². The summed E-state index contributed by atoms with van der Waals surface area (Å²) in [4.78, 5) is 14.5. The summed E-state index contributed by atoms with van der Waals surface area (Å²) in [6.45, 7) is 0.526. The van der Waals surface area contributed by atoms with Gasteiger partial charge in [-0.3, -0.25) is 4.79 Å². The monoisotopic (exact) mass is 405 g/mol. The molecule has 0 fully saturated rings. The van der Waals surface area contributed by atoms with Crippen LogP contribution in [0.15, 0.2) is 57.9 Å². The first kappa shape index (κ1) is 16.9. The van der Waals surface area contributed by atoms with Crippen molar-refractivity contribution in [2.45, 2.75) is 4.90 Å². The number of hydrogen-bond acceptors (Lipinski definition) is 3. The van der Waals surface area contributed by atoms with Crippen LogP contribution in [0, 0.1) is 0 Å². The molecule has 124 valence electrons. The number of sulfone groups is 1. The number of carbonyl (C=O) groups is 1. The number of hydrogen-bond donors (Lipinski definition) is 0. The molecule has 2 aromatic carbocycles. The van der Waals surface area contributed by atoms with Crippen LogP contribution in [0.3, 0.4) is 0 Å². The minimum Gasteiger partial charge on any atom is -0.337 e. The summed E-state index contributed by atoms with van der Waals surface area (Å²) in [7, 11) is -1.49. The van der Waals surface area contributed by atoms with Gasteiger partial charge in [-0.15, -0.1) is 0 Å². The average molecular weight is 406 g/mol. The minimum atomic E-state index is -3.26. The molecule has 1 heterocycles. The molecular weight excluding hydrogens is 390 g/mol. The number of amides is 1. The Hall–Kier alpha value is -1.92. The molecule has 1 aliphatic rings. The summed E-state index contributed by atoms with van der Waals surface area (Å²) in [5.41, 5.74) is 3.27. The third-order valence-electron chi connectivity index (χ3n) is 4.00. The molecule has 0 saturated carbocycles. The molecule has 0 atom stereocenters. The fraction of sp³-hybridized carbons (Fsp3) is 0.167. The Morgan fingerprint density at radius 1 is 1.04 bits per heavy atom. The van der Waals surface area contributed by atoms with E-state index in [1.54, 1.807) is 36.2 Å². The van der Waals surface area contributed by atoms with Crippen LogP contribution < -0.4 is 0 Å². The largest absolute Gasteiger partial charge is 0.337 e. The van der Waals surface area contributed by atoms with Crippen molar-refractivity contribution < 1.29 is 13.2 Å². The van der Waals surface area contributed by atoms with Gasteiger partial charge in [-0.25, -0.2) is 8.42 Å². The molecule has 0 aliphatic carbocycles. The Labute approximate surface area is 149 Å². The van der Waals surface area contributed by atoms with Gasteiger partial charge in [0, 0.05) is 24.3 Å². The number of nitrogens with zero attached hydrogens (tertiary/aromatic N) is 1. The van der Waals surface area contributed by atoms with E-state index in [4.69, 9.17) is 0 Å². The van der Waals surface area contributed by atoms with Gasteiger partial charge in [-0.2, -0.15) is 0 Å². The van der Waals surface area contributed by atoms with Crippen molar-refractivity contribution in [2.24, 2.45) is 0 Å². The second-order valence-corrected chi connectivity index (χ2v) is 8.75. The Balaban J connectivity index is 2.14. The van der Waals surface area contributed by atoms with Crippen molar-refractivity contribution in [3.63, 3.8) is 0 Å². The normalized spacial score (nSPS) is 15.3. The second kappa shape index (κ2) is 6.18. The molecule has 0 N–H and O–H groups in total. The van der Waals surface area contributed by atoms with E-state index in [1.165, 1.54) is 6.26 Å². The van der Waals surface area contributed by atoms with Crippen LogP contribution in [0.1, 0.15) is 11.1 Å². The smallest absolute Gasteiger partial charge is 0.254 e. The van der Waals surface area contributed by atoms with Gasteiger partial charge < -0.3 is 4.90 Å². The SMILES string of the molecule is CN1CC(c2cccc(Br)c2)=C(c2ccc(S(C)(=O)=O)cc2)C1=O. The number of likely N-dealkylation sites (N-methyl/N-ethyl adjacent to an activating group) is 1.